The highest BCUT2D eigenvalue weighted by Gasteiger charge is 2.48. The smallest absolute Gasteiger partial charge is 0.234 e. The van der Waals surface area contributed by atoms with Gasteiger partial charge < -0.3 is 10.3 Å². The van der Waals surface area contributed by atoms with E-state index in [1.165, 1.54) is 25.7 Å². The Morgan fingerprint density at radius 1 is 1.35 bits per heavy atom. The van der Waals surface area contributed by atoms with Crippen molar-refractivity contribution in [3.63, 3.8) is 0 Å². The number of aromatic nitrogens is 2. The van der Waals surface area contributed by atoms with Crippen molar-refractivity contribution in [1.82, 2.24) is 10.1 Å². The van der Waals surface area contributed by atoms with Crippen LogP contribution in [0.5, 0.6) is 0 Å². The molecular weight excluding hydrogens is 234 g/mol. The van der Waals surface area contributed by atoms with Gasteiger partial charge in [0.25, 0.3) is 0 Å². The minimum atomic E-state index is 0.0310. The summed E-state index contributed by atoms with van der Waals surface area (Å²) in [7, 11) is 0. The normalized spacial score (nSPS) is 23.1. The van der Waals surface area contributed by atoms with Gasteiger partial charge in [-0.1, -0.05) is 18.0 Å². The highest BCUT2D eigenvalue weighted by atomic mass is 32.2. The molecule has 2 aliphatic carbocycles. The molecule has 2 fully saturated rings. The lowest BCUT2D eigenvalue weighted by molar-refractivity contribution is 0.344. The number of hydrogen-bond acceptors (Lipinski definition) is 5. The summed E-state index contributed by atoms with van der Waals surface area (Å²) >= 11 is 1.97. The maximum Gasteiger partial charge on any atom is 0.234 e. The molecule has 2 N–H and O–H groups in total. The van der Waals surface area contributed by atoms with Crippen LogP contribution in [0.4, 0.5) is 0 Å². The molecule has 0 spiro atoms. The van der Waals surface area contributed by atoms with Crippen LogP contribution in [0.25, 0.3) is 0 Å². The van der Waals surface area contributed by atoms with Crippen LogP contribution in [0, 0.1) is 0 Å². The Labute approximate surface area is 106 Å². The molecule has 0 radical (unpaired) electrons. The molecule has 0 aliphatic heterocycles. The molecule has 0 saturated heterocycles. The van der Waals surface area contributed by atoms with Gasteiger partial charge in [-0.05, 0) is 25.7 Å². The van der Waals surface area contributed by atoms with Crippen LogP contribution in [0.1, 0.15) is 50.2 Å². The van der Waals surface area contributed by atoms with Gasteiger partial charge in [-0.25, -0.2) is 0 Å². The van der Waals surface area contributed by atoms with Gasteiger partial charge >= 0.3 is 0 Å². The molecule has 2 saturated carbocycles. The van der Waals surface area contributed by atoms with E-state index in [1.807, 2.05) is 11.8 Å². The summed E-state index contributed by atoms with van der Waals surface area (Å²) in [6.45, 7) is 0.629. The molecule has 1 aromatic rings. The van der Waals surface area contributed by atoms with E-state index in [-0.39, 0.29) is 5.41 Å². The molecule has 17 heavy (non-hydrogen) atoms. The standard InChI is InChI=1S/C12H19N3OS/c13-8-12(5-6-12)11-14-10(15-16-11)7-17-9-3-1-2-4-9/h9H,1-8,13H2. The molecule has 1 heterocycles. The molecule has 5 heteroatoms. The van der Waals surface area contributed by atoms with Gasteiger partial charge in [0.1, 0.15) is 0 Å². The summed E-state index contributed by atoms with van der Waals surface area (Å²) in [6, 6.07) is 0. The first-order valence-electron chi connectivity index (χ1n) is 6.47. The second-order valence-electron chi connectivity index (χ2n) is 5.22. The van der Waals surface area contributed by atoms with E-state index in [9.17, 15) is 0 Å². The molecule has 94 valence electrons. The van der Waals surface area contributed by atoms with Crippen molar-refractivity contribution in [2.45, 2.75) is 54.9 Å². The van der Waals surface area contributed by atoms with Crippen LogP contribution in [-0.4, -0.2) is 21.9 Å². The first-order valence-corrected chi connectivity index (χ1v) is 7.52. The molecule has 0 bridgehead atoms. The highest BCUT2D eigenvalue weighted by molar-refractivity contribution is 7.99. The maximum atomic E-state index is 5.75. The van der Waals surface area contributed by atoms with Crippen molar-refractivity contribution >= 4 is 11.8 Å². The van der Waals surface area contributed by atoms with Crippen molar-refractivity contribution in [3.8, 4) is 0 Å². The zero-order valence-corrected chi connectivity index (χ0v) is 10.8. The summed E-state index contributed by atoms with van der Waals surface area (Å²) < 4.78 is 5.34. The van der Waals surface area contributed by atoms with Crippen molar-refractivity contribution < 1.29 is 4.52 Å². The van der Waals surface area contributed by atoms with E-state index < -0.39 is 0 Å². The van der Waals surface area contributed by atoms with Gasteiger partial charge in [0.05, 0.1) is 11.2 Å². The molecule has 0 amide bonds. The maximum absolute atomic E-state index is 5.75. The molecule has 2 aliphatic rings. The van der Waals surface area contributed by atoms with Gasteiger partial charge in [0, 0.05) is 11.8 Å². The van der Waals surface area contributed by atoms with E-state index >= 15 is 0 Å². The average Bonchev–Trinajstić information content (AvgIpc) is 2.81. The number of nitrogens with zero attached hydrogens (tertiary/aromatic N) is 2. The molecular formula is C12H19N3OS. The zero-order valence-electron chi connectivity index (χ0n) is 10.0. The van der Waals surface area contributed by atoms with Gasteiger partial charge in [-0.3, -0.25) is 0 Å². The monoisotopic (exact) mass is 253 g/mol. The quantitative estimate of drug-likeness (QED) is 0.871. The predicted molar refractivity (Wildman–Crippen MR) is 67.8 cm³/mol. The fourth-order valence-electron chi connectivity index (χ4n) is 2.43. The van der Waals surface area contributed by atoms with Crippen LogP contribution in [0.2, 0.25) is 0 Å². The van der Waals surface area contributed by atoms with Crippen LogP contribution in [-0.2, 0) is 11.2 Å². The third-order valence-electron chi connectivity index (χ3n) is 3.92. The highest BCUT2D eigenvalue weighted by Crippen LogP contribution is 2.46. The van der Waals surface area contributed by atoms with Gasteiger partial charge in [-0.2, -0.15) is 16.7 Å². The number of thioether (sulfide) groups is 1. The van der Waals surface area contributed by atoms with Crippen LogP contribution in [0.3, 0.4) is 0 Å². The van der Waals surface area contributed by atoms with Gasteiger partial charge in [-0.15, -0.1) is 0 Å². The molecule has 0 atom stereocenters. The lowest BCUT2D eigenvalue weighted by Crippen LogP contribution is -2.20. The lowest BCUT2D eigenvalue weighted by Gasteiger charge is -2.05. The fourth-order valence-corrected chi connectivity index (χ4v) is 3.60. The average molecular weight is 253 g/mol. The molecule has 0 aromatic carbocycles. The Bertz CT molecular complexity index is 383. The van der Waals surface area contributed by atoms with Crippen molar-refractivity contribution in [3.05, 3.63) is 11.7 Å². The zero-order chi connectivity index (χ0) is 11.7. The van der Waals surface area contributed by atoms with Crippen molar-refractivity contribution in [2.24, 2.45) is 5.73 Å². The summed E-state index contributed by atoms with van der Waals surface area (Å²) in [5.41, 5.74) is 5.78. The summed E-state index contributed by atoms with van der Waals surface area (Å²) in [6.07, 6.45) is 7.66. The second kappa shape index (κ2) is 4.61. The summed E-state index contributed by atoms with van der Waals surface area (Å²) in [4.78, 5) is 4.50. The number of rotatable bonds is 5. The van der Waals surface area contributed by atoms with Gasteiger partial charge in [0.15, 0.2) is 5.82 Å². The largest absolute Gasteiger partial charge is 0.339 e. The molecule has 0 unspecified atom stereocenters. The van der Waals surface area contributed by atoms with E-state index in [1.54, 1.807) is 0 Å². The molecule has 3 rings (SSSR count). The molecule has 1 aromatic heterocycles. The Balaban J connectivity index is 1.57. The lowest BCUT2D eigenvalue weighted by atomic mass is 10.1. The third kappa shape index (κ3) is 2.36. The van der Waals surface area contributed by atoms with E-state index in [0.717, 1.165) is 35.6 Å². The minimum absolute atomic E-state index is 0.0310. The first-order chi connectivity index (χ1) is 8.32. The predicted octanol–water partition coefficient (Wildman–Crippen LogP) is 2.24. The first kappa shape index (κ1) is 11.5. The Morgan fingerprint density at radius 2 is 2.12 bits per heavy atom. The van der Waals surface area contributed by atoms with E-state index in [2.05, 4.69) is 10.1 Å². The minimum Gasteiger partial charge on any atom is -0.339 e. The summed E-state index contributed by atoms with van der Waals surface area (Å²) in [5, 5.41) is 4.88. The Morgan fingerprint density at radius 3 is 2.76 bits per heavy atom. The Kier molecular flexibility index (Phi) is 3.13. The summed E-state index contributed by atoms with van der Waals surface area (Å²) in [5.74, 6) is 2.49. The van der Waals surface area contributed by atoms with Gasteiger partial charge in [0.2, 0.25) is 5.89 Å². The van der Waals surface area contributed by atoms with Crippen molar-refractivity contribution in [1.29, 1.82) is 0 Å². The number of nitrogens with two attached hydrogens (primary N) is 1. The molecule has 4 nitrogen and oxygen atoms in total. The van der Waals surface area contributed by atoms with Crippen LogP contribution in [0.15, 0.2) is 4.52 Å². The SMILES string of the molecule is NCC1(c2nc(CSC3CCCC3)no2)CC1. The topological polar surface area (TPSA) is 64.9 Å². The van der Waals surface area contributed by atoms with E-state index in [0.29, 0.717) is 6.54 Å². The van der Waals surface area contributed by atoms with Crippen LogP contribution >= 0.6 is 11.8 Å². The van der Waals surface area contributed by atoms with Crippen LogP contribution < -0.4 is 5.73 Å². The second-order valence-corrected chi connectivity index (χ2v) is 6.51. The fraction of sp³-hybridized carbons (Fsp3) is 0.833. The van der Waals surface area contributed by atoms with Crippen molar-refractivity contribution in [2.75, 3.05) is 6.54 Å². The van der Waals surface area contributed by atoms with E-state index in [4.69, 9.17) is 10.3 Å². The third-order valence-corrected chi connectivity index (χ3v) is 5.28. The Hall–Kier alpha value is -0.550. The number of hydrogen-bond donors (Lipinski definition) is 1.